The molecule has 0 radical (unpaired) electrons. The fourth-order valence-electron chi connectivity index (χ4n) is 3.13. The number of benzene rings is 1. The summed E-state index contributed by atoms with van der Waals surface area (Å²) in [5.74, 6) is 2.66. The van der Waals surface area contributed by atoms with Crippen LogP contribution in [0.5, 0.6) is 17.2 Å². The molecule has 9 heteroatoms. The van der Waals surface area contributed by atoms with Gasteiger partial charge in [-0.1, -0.05) is 0 Å². The highest BCUT2D eigenvalue weighted by molar-refractivity contribution is 14.0. The molecule has 0 aromatic heterocycles. The summed E-state index contributed by atoms with van der Waals surface area (Å²) in [5.41, 5.74) is 0.936. The van der Waals surface area contributed by atoms with Crippen LogP contribution in [-0.2, 0) is 11.3 Å². The van der Waals surface area contributed by atoms with Gasteiger partial charge < -0.3 is 29.6 Å². The molecule has 2 rings (SSSR count). The van der Waals surface area contributed by atoms with Gasteiger partial charge in [-0.3, -0.25) is 4.90 Å². The van der Waals surface area contributed by atoms with E-state index in [1.54, 1.807) is 21.3 Å². The number of rotatable bonds is 10. The minimum atomic E-state index is 0. The van der Waals surface area contributed by atoms with Gasteiger partial charge in [0, 0.05) is 31.7 Å². The van der Waals surface area contributed by atoms with E-state index in [0.717, 1.165) is 63.9 Å². The normalized spacial score (nSPS) is 14.7. The lowest BCUT2D eigenvalue weighted by molar-refractivity contribution is 0.0376. The Hall–Kier alpha value is -1.46. The molecule has 0 saturated carbocycles. The molecule has 8 nitrogen and oxygen atoms in total. The third-order valence-corrected chi connectivity index (χ3v) is 4.58. The second-order valence-corrected chi connectivity index (χ2v) is 6.42. The second-order valence-electron chi connectivity index (χ2n) is 6.42. The van der Waals surface area contributed by atoms with Crippen LogP contribution in [0.2, 0.25) is 0 Å². The van der Waals surface area contributed by atoms with Gasteiger partial charge in [0.05, 0.1) is 41.1 Å². The number of nitrogens with zero attached hydrogens (tertiary/aromatic N) is 2. The van der Waals surface area contributed by atoms with Crippen molar-refractivity contribution in [3.05, 3.63) is 17.7 Å². The van der Waals surface area contributed by atoms with Gasteiger partial charge in [-0.2, -0.15) is 0 Å². The van der Waals surface area contributed by atoms with Crippen molar-refractivity contribution in [2.75, 3.05) is 67.3 Å². The van der Waals surface area contributed by atoms with Crippen LogP contribution in [0.3, 0.4) is 0 Å². The standard InChI is InChI=1S/C20H34N4O4.HI/c1-5-21-20(22-9-6-10-24-11-13-28-14-12-24)23-15-16-7-8-17(25-2)19(27-4)18(16)26-3;/h7-8H,5-6,9-15H2,1-4H3,(H2,21,22,23);1H. The van der Waals surface area contributed by atoms with Crippen molar-refractivity contribution in [3.8, 4) is 17.2 Å². The summed E-state index contributed by atoms with van der Waals surface area (Å²) < 4.78 is 21.7. The highest BCUT2D eigenvalue weighted by atomic mass is 127. The molecule has 1 heterocycles. The van der Waals surface area contributed by atoms with Crippen molar-refractivity contribution < 1.29 is 18.9 Å². The van der Waals surface area contributed by atoms with E-state index < -0.39 is 0 Å². The summed E-state index contributed by atoms with van der Waals surface area (Å²) in [6, 6.07) is 3.82. The Morgan fingerprint density at radius 2 is 1.79 bits per heavy atom. The summed E-state index contributed by atoms with van der Waals surface area (Å²) in [5, 5.41) is 6.69. The van der Waals surface area contributed by atoms with Crippen molar-refractivity contribution in [1.82, 2.24) is 15.5 Å². The molecule has 29 heavy (non-hydrogen) atoms. The first-order chi connectivity index (χ1) is 13.7. The van der Waals surface area contributed by atoms with Crippen LogP contribution in [-0.4, -0.2) is 78.1 Å². The summed E-state index contributed by atoms with van der Waals surface area (Å²) in [4.78, 5) is 7.13. The average Bonchev–Trinajstić information content (AvgIpc) is 2.74. The molecule has 166 valence electrons. The Bertz CT molecular complexity index is 625. The molecular formula is C20H35IN4O4. The molecule has 0 atom stereocenters. The highest BCUT2D eigenvalue weighted by Crippen LogP contribution is 2.39. The van der Waals surface area contributed by atoms with Gasteiger partial charge in [0.15, 0.2) is 17.5 Å². The number of hydrogen-bond donors (Lipinski definition) is 2. The Kier molecular flexibility index (Phi) is 12.8. The van der Waals surface area contributed by atoms with Crippen LogP contribution in [0.25, 0.3) is 0 Å². The molecule has 1 aromatic carbocycles. The number of guanidine groups is 1. The summed E-state index contributed by atoms with van der Waals surface area (Å²) in [6.07, 6.45) is 1.06. The number of hydrogen-bond acceptors (Lipinski definition) is 6. The molecule has 0 aliphatic carbocycles. The number of halogens is 1. The van der Waals surface area contributed by atoms with Gasteiger partial charge in [-0.15, -0.1) is 24.0 Å². The minimum absolute atomic E-state index is 0. The molecular weight excluding hydrogens is 487 g/mol. The molecule has 1 saturated heterocycles. The van der Waals surface area contributed by atoms with E-state index in [4.69, 9.17) is 23.9 Å². The summed E-state index contributed by atoms with van der Waals surface area (Å²) in [7, 11) is 4.84. The van der Waals surface area contributed by atoms with Crippen LogP contribution in [0.15, 0.2) is 17.1 Å². The molecule has 0 bridgehead atoms. The Morgan fingerprint density at radius 3 is 2.41 bits per heavy atom. The average molecular weight is 522 g/mol. The topological polar surface area (TPSA) is 76.6 Å². The van der Waals surface area contributed by atoms with E-state index in [-0.39, 0.29) is 24.0 Å². The number of aliphatic imine (C=N–C) groups is 1. The van der Waals surface area contributed by atoms with E-state index in [1.165, 1.54) is 0 Å². The van der Waals surface area contributed by atoms with Crippen LogP contribution < -0.4 is 24.8 Å². The van der Waals surface area contributed by atoms with E-state index in [1.807, 2.05) is 12.1 Å². The molecule has 1 fully saturated rings. The molecule has 0 unspecified atom stereocenters. The third-order valence-electron chi connectivity index (χ3n) is 4.58. The van der Waals surface area contributed by atoms with Crippen LogP contribution >= 0.6 is 24.0 Å². The molecule has 0 spiro atoms. The Morgan fingerprint density at radius 1 is 1.07 bits per heavy atom. The third kappa shape index (κ3) is 8.06. The number of ether oxygens (including phenoxy) is 4. The van der Waals surface area contributed by atoms with Gasteiger partial charge >= 0.3 is 0 Å². The molecule has 2 N–H and O–H groups in total. The van der Waals surface area contributed by atoms with Crippen molar-refractivity contribution in [2.24, 2.45) is 4.99 Å². The monoisotopic (exact) mass is 522 g/mol. The van der Waals surface area contributed by atoms with Gasteiger partial charge in [0.25, 0.3) is 0 Å². The lowest BCUT2D eigenvalue weighted by atomic mass is 10.1. The molecule has 0 amide bonds. The minimum Gasteiger partial charge on any atom is -0.493 e. The highest BCUT2D eigenvalue weighted by Gasteiger charge is 2.15. The van der Waals surface area contributed by atoms with E-state index in [0.29, 0.717) is 23.8 Å². The van der Waals surface area contributed by atoms with Crippen molar-refractivity contribution in [1.29, 1.82) is 0 Å². The Labute approximate surface area is 191 Å². The van der Waals surface area contributed by atoms with Gasteiger partial charge in [-0.25, -0.2) is 4.99 Å². The molecule has 1 aliphatic heterocycles. The number of methoxy groups -OCH3 is 3. The van der Waals surface area contributed by atoms with E-state index >= 15 is 0 Å². The van der Waals surface area contributed by atoms with Crippen molar-refractivity contribution in [3.63, 3.8) is 0 Å². The lowest BCUT2D eigenvalue weighted by Crippen LogP contribution is -2.40. The number of nitrogens with one attached hydrogen (secondary N) is 2. The Balaban J connectivity index is 0.00000420. The zero-order valence-corrected chi connectivity index (χ0v) is 20.3. The van der Waals surface area contributed by atoms with Gasteiger partial charge in [0.2, 0.25) is 5.75 Å². The molecule has 1 aromatic rings. The summed E-state index contributed by atoms with van der Waals surface area (Å²) >= 11 is 0. The van der Waals surface area contributed by atoms with Crippen molar-refractivity contribution >= 4 is 29.9 Å². The first-order valence-corrected chi connectivity index (χ1v) is 9.83. The first-order valence-electron chi connectivity index (χ1n) is 9.83. The van der Waals surface area contributed by atoms with Crippen LogP contribution in [0.4, 0.5) is 0 Å². The first kappa shape index (κ1) is 25.6. The van der Waals surface area contributed by atoms with Crippen LogP contribution in [0, 0.1) is 0 Å². The van der Waals surface area contributed by atoms with Crippen LogP contribution in [0.1, 0.15) is 18.9 Å². The molecule has 1 aliphatic rings. The fourth-order valence-corrected chi connectivity index (χ4v) is 3.13. The zero-order valence-electron chi connectivity index (χ0n) is 18.0. The quantitative estimate of drug-likeness (QED) is 0.211. The SMILES string of the molecule is CCNC(=NCc1ccc(OC)c(OC)c1OC)NCCCN1CCOCC1.I. The van der Waals surface area contributed by atoms with Crippen molar-refractivity contribution in [2.45, 2.75) is 19.9 Å². The largest absolute Gasteiger partial charge is 0.493 e. The predicted octanol–water partition coefficient (Wildman–Crippen LogP) is 2.11. The zero-order chi connectivity index (χ0) is 20.2. The maximum Gasteiger partial charge on any atom is 0.203 e. The predicted molar refractivity (Wildman–Crippen MR) is 126 cm³/mol. The smallest absolute Gasteiger partial charge is 0.203 e. The van der Waals surface area contributed by atoms with E-state index in [9.17, 15) is 0 Å². The lowest BCUT2D eigenvalue weighted by Gasteiger charge is -2.26. The summed E-state index contributed by atoms with van der Waals surface area (Å²) in [6.45, 7) is 8.99. The van der Waals surface area contributed by atoms with E-state index in [2.05, 4.69) is 22.5 Å². The number of morpholine rings is 1. The fraction of sp³-hybridized carbons (Fsp3) is 0.650. The van der Waals surface area contributed by atoms with Gasteiger partial charge in [-0.05, 0) is 32.0 Å². The van der Waals surface area contributed by atoms with Gasteiger partial charge in [0.1, 0.15) is 0 Å². The maximum absolute atomic E-state index is 5.54. The maximum atomic E-state index is 5.54. The second kappa shape index (κ2) is 14.5.